The normalized spacial score (nSPS) is 20.7. The summed E-state index contributed by atoms with van der Waals surface area (Å²) in [6.45, 7) is 5.89. The Balaban J connectivity index is 2.12. The van der Waals surface area contributed by atoms with E-state index in [1.54, 1.807) is 6.92 Å². The zero-order chi connectivity index (χ0) is 17.2. The number of hydrogen-bond acceptors (Lipinski definition) is 3. The van der Waals surface area contributed by atoms with E-state index in [1.165, 1.54) is 4.90 Å². The summed E-state index contributed by atoms with van der Waals surface area (Å²) in [5, 5.41) is 11.4. The second kappa shape index (κ2) is 6.40. The van der Waals surface area contributed by atoms with Crippen LogP contribution in [0.4, 0.5) is 4.79 Å². The van der Waals surface area contributed by atoms with E-state index in [9.17, 15) is 14.4 Å². The van der Waals surface area contributed by atoms with Gasteiger partial charge in [-0.2, -0.15) is 0 Å². The molecule has 1 aromatic carbocycles. The number of benzene rings is 1. The van der Waals surface area contributed by atoms with E-state index in [0.717, 1.165) is 16.7 Å². The molecule has 0 radical (unpaired) electrons. The first-order valence-electron chi connectivity index (χ1n) is 7.69. The first kappa shape index (κ1) is 17.0. The highest BCUT2D eigenvalue weighted by Gasteiger charge is 2.48. The first-order chi connectivity index (χ1) is 10.8. The Bertz CT molecular complexity index is 656. The van der Waals surface area contributed by atoms with Crippen molar-refractivity contribution >= 4 is 17.9 Å². The molecule has 1 heterocycles. The van der Waals surface area contributed by atoms with Crippen molar-refractivity contribution in [1.29, 1.82) is 0 Å². The molecule has 1 fully saturated rings. The molecule has 6 heteroatoms. The average Bonchev–Trinajstić information content (AvgIpc) is 2.69. The number of rotatable bonds is 6. The monoisotopic (exact) mass is 318 g/mol. The standard InChI is InChI=1S/C17H22N2O4/c1-11-7-8-13(10-12(11)2)17(3)15(22)19(16(23)18-17)9-5-4-6-14(20)21/h7-8,10H,4-6,9H2,1-3H3,(H,18,23)(H,20,21). The molecule has 1 atom stereocenters. The fourth-order valence-electron chi connectivity index (χ4n) is 2.69. The first-order valence-corrected chi connectivity index (χ1v) is 7.69. The number of carboxylic acid groups (broad SMARTS) is 1. The van der Waals surface area contributed by atoms with E-state index in [1.807, 2.05) is 32.0 Å². The van der Waals surface area contributed by atoms with Gasteiger partial charge in [0.15, 0.2) is 0 Å². The van der Waals surface area contributed by atoms with Gasteiger partial charge in [-0.05, 0) is 50.3 Å². The molecule has 0 aromatic heterocycles. The molecule has 2 rings (SSSR count). The summed E-state index contributed by atoms with van der Waals surface area (Å²) in [6, 6.07) is 5.28. The molecule has 1 aliphatic heterocycles. The summed E-state index contributed by atoms with van der Waals surface area (Å²) >= 11 is 0. The Morgan fingerprint density at radius 1 is 1.22 bits per heavy atom. The van der Waals surface area contributed by atoms with Gasteiger partial charge in [-0.3, -0.25) is 14.5 Å². The molecule has 1 aromatic rings. The van der Waals surface area contributed by atoms with Gasteiger partial charge in [0.05, 0.1) is 0 Å². The predicted octanol–water partition coefficient (Wildman–Crippen LogP) is 2.33. The van der Waals surface area contributed by atoms with Crippen molar-refractivity contribution in [3.05, 3.63) is 34.9 Å². The molecule has 23 heavy (non-hydrogen) atoms. The minimum Gasteiger partial charge on any atom is -0.481 e. The summed E-state index contributed by atoms with van der Waals surface area (Å²) in [7, 11) is 0. The Morgan fingerprint density at radius 3 is 2.52 bits per heavy atom. The maximum Gasteiger partial charge on any atom is 0.325 e. The van der Waals surface area contributed by atoms with Crippen molar-refractivity contribution in [2.45, 2.75) is 45.6 Å². The third-order valence-electron chi connectivity index (χ3n) is 4.38. The van der Waals surface area contributed by atoms with Crippen LogP contribution in [0.25, 0.3) is 0 Å². The topological polar surface area (TPSA) is 86.7 Å². The number of aryl methyl sites for hydroxylation is 2. The summed E-state index contributed by atoms with van der Waals surface area (Å²) < 4.78 is 0. The third kappa shape index (κ3) is 3.36. The number of carbonyl (C=O) groups is 3. The van der Waals surface area contributed by atoms with Crippen LogP contribution in [-0.4, -0.2) is 34.5 Å². The largest absolute Gasteiger partial charge is 0.481 e. The van der Waals surface area contributed by atoms with Gasteiger partial charge >= 0.3 is 12.0 Å². The number of nitrogens with one attached hydrogen (secondary N) is 1. The van der Waals surface area contributed by atoms with Crippen LogP contribution in [-0.2, 0) is 15.1 Å². The minimum atomic E-state index is -1.07. The quantitative estimate of drug-likeness (QED) is 0.622. The van der Waals surface area contributed by atoms with Crippen LogP contribution in [0.5, 0.6) is 0 Å². The van der Waals surface area contributed by atoms with Crippen LogP contribution >= 0.6 is 0 Å². The third-order valence-corrected chi connectivity index (χ3v) is 4.38. The fourth-order valence-corrected chi connectivity index (χ4v) is 2.69. The van der Waals surface area contributed by atoms with Crippen molar-refractivity contribution in [3.63, 3.8) is 0 Å². The number of urea groups is 1. The maximum atomic E-state index is 12.7. The van der Waals surface area contributed by atoms with Crippen LogP contribution < -0.4 is 5.32 Å². The van der Waals surface area contributed by atoms with Gasteiger partial charge in [0.25, 0.3) is 5.91 Å². The molecule has 3 amide bonds. The highest BCUT2D eigenvalue weighted by Crippen LogP contribution is 2.30. The van der Waals surface area contributed by atoms with Crippen LogP contribution in [0, 0.1) is 13.8 Å². The Labute approximate surface area is 135 Å². The lowest BCUT2D eigenvalue weighted by molar-refractivity contribution is -0.137. The van der Waals surface area contributed by atoms with Gasteiger partial charge in [0.2, 0.25) is 0 Å². The molecule has 1 saturated heterocycles. The lowest BCUT2D eigenvalue weighted by Gasteiger charge is -2.23. The van der Waals surface area contributed by atoms with E-state index in [4.69, 9.17) is 5.11 Å². The molecule has 6 nitrogen and oxygen atoms in total. The zero-order valence-electron chi connectivity index (χ0n) is 13.7. The molecular formula is C17H22N2O4. The Kier molecular flexibility index (Phi) is 4.73. The lowest BCUT2D eigenvalue weighted by atomic mass is 9.89. The molecule has 2 N–H and O–H groups in total. The van der Waals surface area contributed by atoms with E-state index >= 15 is 0 Å². The van der Waals surface area contributed by atoms with Crippen molar-refractivity contribution in [3.8, 4) is 0 Å². The second-order valence-corrected chi connectivity index (χ2v) is 6.16. The highest BCUT2D eigenvalue weighted by atomic mass is 16.4. The van der Waals surface area contributed by atoms with Crippen molar-refractivity contribution in [1.82, 2.24) is 10.2 Å². The second-order valence-electron chi connectivity index (χ2n) is 6.16. The highest BCUT2D eigenvalue weighted by molar-refractivity contribution is 6.07. The average molecular weight is 318 g/mol. The van der Waals surface area contributed by atoms with Gasteiger partial charge in [-0.25, -0.2) is 4.79 Å². The Morgan fingerprint density at radius 2 is 1.91 bits per heavy atom. The minimum absolute atomic E-state index is 0.0398. The summed E-state index contributed by atoms with van der Waals surface area (Å²) in [5.74, 6) is -1.16. The van der Waals surface area contributed by atoms with Crippen LogP contribution in [0.2, 0.25) is 0 Å². The molecule has 0 aliphatic carbocycles. The van der Waals surface area contributed by atoms with Crippen molar-refractivity contribution < 1.29 is 19.5 Å². The summed E-state index contributed by atoms with van der Waals surface area (Å²) in [4.78, 5) is 36.5. The summed E-state index contributed by atoms with van der Waals surface area (Å²) in [5.41, 5.74) is 1.87. The van der Waals surface area contributed by atoms with Gasteiger partial charge in [-0.15, -0.1) is 0 Å². The molecule has 124 valence electrons. The van der Waals surface area contributed by atoms with E-state index in [0.29, 0.717) is 12.8 Å². The molecule has 0 spiro atoms. The zero-order valence-corrected chi connectivity index (χ0v) is 13.7. The van der Waals surface area contributed by atoms with Crippen LogP contribution in [0.3, 0.4) is 0 Å². The van der Waals surface area contributed by atoms with Crippen LogP contribution in [0.1, 0.15) is 42.9 Å². The number of nitrogens with zero attached hydrogens (tertiary/aromatic N) is 1. The van der Waals surface area contributed by atoms with Crippen molar-refractivity contribution in [2.24, 2.45) is 0 Å². The van der Waals surface area contributed by atoms with Crippen LogP contribution in [0.15, 0.2) is 18.2 Å². The molecule has 0 saturated carbocycles. The number of aliphatic carboxylic acids is 1. The van der Waals surface area contributed by atoms with E-state index in [-0.39, 0.29) is 18.9 Å². The van der Waals surface area contributed by atoms with E-state index in [2.05, 4.69) is 5.32 Å². The predicted molar refractivity (Wildman–Crippen MR) is 85.0 cm³/mol. The molecular weight excluding hydrogens is 296 g/mol. The van der Waals surface area contributed by atoms with Crippen molar-refractivity contribution in [2.75, 3.05) is 6.54 Å². The number of imide groups is 1. The van der Waals surface area contributed by atoms with Gasteiger partial charge in [0.1, 0.15) is 5.54 Å². The van der Waals surface area contributed by atoms with Gasteiger partial charge in [-0.1, -0.05) is 18.2 Å². The lowest BCUT2D eigenvalue weighted by Crippen LogP contribution is -2.41. The molecule has 0 bridgehead atoms. The fraction of sp³-hybridized carbons (Fsp3) is 0.471. The number of unbranched alkanes of at least 4 members (excludes halogenated alkanes) is 1. The van der Waals surface area contributed by atoms with E-state index < -0.39 is 17.5 Å². The smallest absolute Gasteiger partial charge is 0.325 e. The number of amides is 3. The number of carbonyl (C=O) groups excluding carboxylic acids is 2. The number of carboxylic acids is 1. The maximum absolute atomic E-state index is 12.7. The van der Waals surface area contributed by atoms with Gasteiger partial charge < -0.3 is 10.4 Å². The molecule has 1 aliphatic rings. The molecule has 1 unspecified atom stereocenters. The number of hydrogen-bond donors (Lipinski definition) is 2. The SMILES string of the molecule is Cc1ccc(C2(C)NC(=O)N(CCCCC(=O)O)C2=O)cc1C. The van der Waals surface area contributed by atoms with Gasteiger partial charge in [0, 0.05) is 13.0 Å². The summed E-state index contributed by atoms with van der Waals surface area (Å²) in [6.07, 6.45) is 0.958. The Hall–Kier alpha value is -2.37.